The summed E-state index contributed by atoms with van der Waals surface area (Å²) in [4.78, 5) is 52.9. The summed E-state index contributed by atoms with van der Waals surface area (Å²) in [6.45, 7) is 7.08. The van der Waals surface area contributed by atoms with E-state index < -0.39 is 39.5 Å². The summed E-state index contributed by atoms with van der Waals surface area (Å²) in [5, 5.41) is 22.1. The van der Waals surface area contributed by atoms with Crippen LogP contribution in [0.1, 0.15) is 138 Å². The van der Waals surface area contributed by atoms with Crippen LogP contribution in [0.3, 0.4) is 0 Å². The molecule has 11 nitrogen and oxygen atoms in total. The van der Waals surface area contributed by atoms with Crippen molar-refractivity contribution in [2.24, 2.45) is 52.3 Å². The lowest BCUT2D eigenvalue weighted by Gasteiger charge is -2.62. The highest BCUT2D eigenvalue weighted by Gasteiger charge is 2.63. The van der Waals surface area contributed by atoms with Crippen LogP contribution in [-0.2, 0) is 34.8 Å². The minimum absolute atomic E-state index is 0.0371. The summed E-state index contributed by atoms with van der Waals surface area (Å²) >= 11 is 14.4. The SMILES string of the molecule is C[C@@H](CCC(=O)CCCS(=O)(=O)O)[C@H]1CC[C@H]2[C@@H]3[C@@H](O)CC4C[C@H](CC(=O)CC(=O)Oc5ccc(C6(c7ccc(O)cc7)OC(=O)c7c(Br)c(Br)c(Br)c(Br)c76)cc5)CC[C@]4(C)[C@H]3CC[C@]12C. The Morgan fingerprint density at radius 1 is 0.821 bits per heavy atom. The van der Waals surface area contributed by atoms with Gasteiger partial charge in [0.2, 0.25) is 0 Å². The molecule has 4 saturated carbocycles. The van der Waals surface area contributed by atoms with Crippen LogP contribution in [0, 0.1) is 52.3 Å². The van der Waals surface area contributed by atoms with E-state index >= 15 is 0 Å². The lowest BCUT2D eigenvalue weighted by atomic mass is 9.43. The summed E-state index contributed by atoms with van der Waals surface area (Å²) in [7, 11) is -4.07. The molecule has 4 aliphatic carbocycles. The van der Waals surface area contributed by atoms with Gasteiger partial charge >= 0.3 is 11.9 Å². The number of cyclic esters (lactones) is 1. The Balaban J connectivity index is 0.871. The van der Waals surface area contributed by atoms with Gasteiger partial charge in [0.25, 0.3) is 10.1 Å². The fourth-order valence-corrected chi connectivity index (χ4v) is 16.9. The first-order valence-electron chi connectivity index (χ1n) is 23.4. The van der Waals surface area contributed by atoms with Crippen LogP contribution in [0.5, 0.6) is 11.5 Å². The normalized spacial score (nSPS) is 31.5. The molecule has 4 fully saturated rings. The van der Waals surface area contributed by atoms with Crippen LogP contribution >= 0.6 is 63.7 Å². The first-order chi connectivity index (χ1) is 31.6. The molecular weight excluding hydrogens is 1140 g/mol. The number of hydrogen-bond acceptors (Lipinski definition) is 10. The maximum Gasteiger partial charge on any atom is 0.341 e. The van der Waals surface area contributed by atoms with Crippen LogP contribution in [-0.4, -0.2) is 58.5 Å². The molecule has 0 aromatic heterocycles. The molecular formula is C51H58Br4O11S. The van der Waals surface area contributed by atoms with Crippen LogP contribution < -0.4 is 4.74 Å². The number of halogens is 4. The number of carbonyl (C=O) groups excluding carboxylic acids is 4. The van der Waals surface area contributed by atoms with Crippen LogP contribution in [0.25, 0.3) is 0 Å². The maximum absolute atomic E-state index is 13.6. The number of hydrogen-bond donors (Lipinski definition) is 3. The van der Waals surface area contributed by atoms with Gasteiger partial charge in [-0.05, 0) is 204 Å². The molecule has 362 valence electrons. The van der Waals surface area contributed by atoms with Crippen molar-refractivity contribution in [1.29, 1.82) is 0 Å². The molecule has 8 rings (SSSR count). The number of carbonyl (C=O) groups is 4. The molecule has 11 atom stereocenters. The molecule has 0 radical (unpaired) electrons. The molecule has 1 aliphatic heterocycles. The van der Waals surface area contributed by atoms with Crippen molar-refractivity contribution in [2.45, 2.75) is 122 Å². The Kier molecular flexibility index (Phi) is 14.9. The van der Waals surface area contributed by atoms with E-state index in [1.807, 2.05) is 0 Å². The molecule has 16 heteroatoms. The molecule has 0 amide bonds. The number of aromatic hydroxyl groups is 1. The summed E-state index contributed by atoms with van der Waals surface area (Å²) in [5.74, 6) is 0.754. The Labute approximate surface area is 426 Å². The lowest BCUT2D eigenvalue weighted by molar-refractivity contribution is -0.170. The monoisotopic (exact) mass is 1190 g/mol. The van der Waals surface area contributed by atoms with Gasteiger partial charge < -0.3 is 19.7 Å². The van der Waals surface area contributed by atoms with Crippen molar-refractivity contribution in [3.8, 4) is 11.5 Å². The molecule has 3 aromatic carbocycles. The number of rotatable bonds is 15. The van der Waals surface area contributed by atoms with Crippen molar-refractivity contribution in [3.05, 3.63) is 88.7 Å². The third-order valence-electron chi connectivity index (χ3n) is 17.0. The predicted octanol–water partition coefficient (Wildman–Crippen LogP) is 12.1. The first-order valence-corrected chi connectivity index (χ1v) is 28.2. The summed E-state index contributed by atoms with van der Waals surface area (Å²) in [6.07, 6.45) is 8.69. The number of aliphatic hydroxyl groups is 1. The van der Waals surface area contributed by atoms with Gasteiger partial charge in [0.1, 0.15) is 29.5 Å². The molecule has 3 N–H and O–H groups in total. The standard InChI is InChI=1S/C51H58Br4O11S/c1-27(6-11-32(56)5-4-22-67(62,63)64)36-16-17-37-41-38(19-21-50(36,37)3)49(2)20-18-28(23-31(49)25-39(41)59)24-34(58)26-40(60)65-35-14-9-30(10-15-35)51(29-7-12-33(57)13-8-29)43-42(48(61)66-51)44(52)46(54)47(55)45(43)53/h7-10,12-15,27-28,31,36-39,41,57,59H,4-6,11,16-26H2,1-3H3,(H,62,63,64)/t27-,28+,31?,36+,37-,38-,39-,41-,49-,50+,51?/m0/s1. The Morgan fingerprint density at radius 2 is 1.45 bits per heavy atom. The van der Waals surface area contributed by atoms with E-state index in [-0.39, 0.29) is 77.3 Å². The zero-order valence-electron chi connectivity index (χ0n) is 37.9. The van der Waals surface area contributed by atoms with Gasteiger partial charge in [-0.2, -0.15) is 8.42 Å². The lowest BCUT2D eigenvalue weighted by Crippen LogP contribution is -2.58. The fourth-order valence-electron chi connectivity index (χ4n) is 13.8. The molecule has 1 heterocycles. The van der Waals surface area contributed by atoms with Crippen LogP contribution in [0.4, 0.5) is 0 Å². The largest absolute Gasteiger partial charge is 0.508 e. The summed E-state index contributed by atoms with van der Waals surface area (Å²) in [6, 6.07) is 13.1. The zero-order valence-corrected chi connectivity index (χ0v) is 45.0. The van der Waals surface area contributed by atoms with Crippen molar-refractivity contribution < 1.29 is 51.8 Å². The van der Waals surface area contributed by atoms with E-state index in [4.69, 9.17) is 14.0 Å². The number of ether oxygens (including phenoxy) is 2. The number of aliphatic hydroxyl groups excluding tert-OH is 1. The minimum Gasteiger partial charge on any atom is -0.508 e. The third kappa shape index (κ3) is 9.69. The van der Waals surface area contributed by atoms with Crippen LogP contribution in [0.2, 0.25) is 0 Å². The van der Waals surface area contributed by atoms with E-state index in [1.165, 1.54) is 12.1 Å². The van der Waals surface area contributed by atoms with Crippen molar-refractivity contribution in [2.75, 3.05) is 5.75 Å². The minimum atomic E-state index is -4.07. The number of phenolic OH excluding ortho intramolecular Hbond substituents is 1. The quantitative estimate of drug-likeness (QED) is 0.0329. The van der Waals surface area contributed by atoms with E-state index in [9.17, 15) is 37.8 Å². The van der Waals surface area contributed by atoms with Gasteiger partial charge in [-0.25, -0.2) is 4.79 Å². The van der Waals surface area contributed by atoms with Gasteiger partial charge in [0.05, 0.1) is 17.4 Å². The number of phenols is 1. The van der Waals surface area contributed by atoms with E-state index in [0.29, 0.717) is 76.7 Å². The second-order valence-electron chi connectivity index (χ2n) is 20.7. The Bertz CT molecular complexity index is 2550. The Morgan fingerprint density at radius 3 is 2.12 bits per heavy atom. The zero-order chi connectivity index (χ0) is 48.4. The number of benzene rings is 3. The number of ketones is 2. The van der Waals surface area contributed by atoms with Gasteiger partial charge in [0.15, 0.2) is 5.60 Å². The van der Waals surface area contributed by atoms with Crippen LogP contribution in [0.15, 0.2) is 66.4 Å². The first kappa shape index (κ1) is 50.9. The molecule has 0 spiro atoms. The van der Waals surface area contributed by atoms with E-state index in [2.05, 4.69) is 84.5 Å². The molecule has 0 bridgehead atoms. The molecule has 0 saturated heterocycles. The van der Waals surface area contributed by atoms with E-state index in [1.54, 1.807) is 36.4 Å². The summed E-state index contributed by atoms with van der Waals surface area (Å²) < 4.78 is 45.5. The number of esters is 2. The molecule has 3 aromatic rings. The van der Waals surface area contributed by atoms with E-state index in [0.717, 1.165) is 51.4 Å². The van der Waals surface area contributed by atoms with Gasteiger partial charge in [-0.15, -0.1) is 0 Å². The second-order valence-corrected chi connectivity index (χ2v) is 25.4. The smallest absolute Gasteiger partial charge is 0.341 e. The van der Waals surface area contributed by atoms with Gasteiger partial charge in [-0.1, -0.05) is 45.0 Å². The second kappa shape index (κ2) is 19.6. The third-order valence-corrected chi connectivity index (χ3v) is 22.6. The Hall–Kier alpha value is -2.47. The predicted molar refractivity (Wildman–Crippen MR) is 266 cm³/mol. The number of fused-ring (bicyclic) bond motifs is 6. The fraction of sp³-hybridized carbons (Fsp3) is 0.569. The highest BCUT2D eigenvalue weighted by Crippen LogP contribution is 2.69. The maximum atomic E-state index is 13.6. The summed E-state index contributed by atoms with van der Waals surface area (Å²) in [5.41, 5.74) is 0.714. The average molecular weight is 1200 g/mol. The molecule has 5 aliphatic rings. The highest BCUT2D eigenvalue weighted by atomic mass is 79.9. The van der Waals surface area contributed by atoms with Gasteiger partial charge in [0, 0.05) is 53.8 Å². The number of Topliss-reactive ketones (excluding diaryl/α,β-unsaturated/α-hetero) is 2. The molecule has 67 heavy (non-hydrogen) atoms. The average Bonchev–Trinajstić information content (AvgIpc) is 3.79. The highest BCUT2D eigenvalue weighted by molar-refractivity contribution is 9.15. The van der Waals surface area contributed by atoms with Crippen molar-refractivity contribution in [1.82, 2.24) is 0 Å². The van der Waals surface area contributed by atoms with Crippen molar-refractivity contribution >= 4 is 97.3 Å². The topological polar surface area (TPSA) is 182 Å². The molecule has 2 unspecified atom stereocenters. The van der Waals surface area contributed by atoms with Crippen molar-refractivity contribution in [3.63, 3.8) is 0 Å². The van der Waals surface area contributed by atoms with Gasteiger partial charge in [-0.3, -0.25) is 18.9 Å².